The molecule has 0 saturated heterocycles. The lowest BCUT2D eigenvalue weighted by Crippen LogP contribution is -2.44. The molecule has 1 aliphatic heterocycles. The highest BCUT2D eigenvalue weighted by Crippen LogP contribution is 2.29. The van der Waals surface area contributed by atoms with Gasteiger partial charge in [-0.3, -0.25) is 14.4 Å². The van der Waals surface area contributed by atoms with Crippen LogP contribution in [0.25, 0.3) is 0 Å². The van der Waals surface area contributed by atoms with E-state index in [2.05, 4.69) is 10.6 Å². The Morgan fingerprint density at radius 1 is 1.27 bits per heavy atom. The number of rotatable bonds is 5. The molecule has 1 saturated carbocycles. The molecule has 140 valence electrons. The van der Waals surface area contributed by atoms with Gasteiger partial charge in [-0.2, -0.15) is 0 Å². The monoisotopic (exact) mass is 360 g/mol. The average Bonchev–Trinajstić information content (AvgIpc) is 2.63. The smallest absolute Gasteiger partial charge is 0.310 e. The van der Waals surface area contributed by atoms with Gasteiger partial charge in [-0.15, -0.1) is 0 Å². The quantitative estimate of drug-likeness (QED) is 0.785. The first-order chi connectivity index (χ1) is 12.5. The molecule has 1 fully saturated rings. The van der Waals surface area contributed by atoms with E-state index in [1.54, 1.807) is 24.3 Å². The number of para-hydroxylation sites is 2. The topological polar surface area (TPSA) is 93.7 Å². The molecule has 1 aromatic carbocycles. The van der Waals surface area contributed by atoms with Crippen LogP contribution in [0.4, 0.5) is 5.69 Å². The zero-order valence-electron chi connectivity index (χ0n) is 14.8. The van der Waals surface area contributed by atoms with Crippen molar-refractivity contribution in [2.24, 2.45) is 0 Å². The van der Waals surface area contributed by atoms with E-state index in [-0.39, 0.29) is 18.4 Å². The van der Waals surface area contributed by atoms with Crippen LogP contribution < -0.4 is 15.4 Å². The molecule has 0 unspecified atom stereocenters. The Labute approximate surface area is 152 Å². The second kappa shape index (κ2) is 8.21. The standard InChI is InChI=1S/C19H24N2O5/c1-12(18(23)20-13-7-3-2-4-8-13)25-17(22)11-16-19(24)21-14-9-5-6-10-15(14)26-16/h5-6,9-10,12-13,16H,2-4,7-8,11H2,1H3,(H,20,23)(H,21,24)/t12-,16-/m0/s1. The van der Waals surface area contributed by atoms with E-state index in [1.807, 2.05) is 0 Å². The van der Waals surface area contributed by atoms with Gasteiger partial charge in [0, 0.05) is 6.04 Å². The number of carbonyl (C=O) groups is 3. The summed E-state index contributed by atoms with van der Waals surface area (Å²) in [6, 6.07) is 7.15. The Morgan fingerprint density at radius 3 is 2.77 bits per heavy atom. The van der Waals surface area contributed by atoms with Gasteiger partial charge >= 0.3 is 5.97 Å². The van der Waals surface area contributed by atoms with E-state index in [9.17, 15) is 14.4 Å². The third-order valence-electron chi connectivity index (χ3n) is 4.69. The molecule has 2 aliphatic rings. The number of fused-ring (bicyclic) bond motifs is 1. The van der Waals surface area contributed by atoms with Crippen molar-refractivity contribution in [3.63, 3.8) is 0 Å². The number of ether oxygens (including phenoxy) is 2. The minimum atomic E-state index is -0.967. The summed E-state index contributed by atoms with van der Waals surface area (Å²) >= 11 is 0. The lowest BCUT2D eigenvalue weighted by atomic mass is 9.95. The number of anilines is 1. The van der Waals surface area contributed by atoms with E-state index in [0.717, 1.165) is 25.7 Å². The third kappa shape index (κ3) is 4.53. The Hall–Kier alpha value is -2.57. The number of amides is 2. The zero-order chi connectivity index (χ0) is 18.5. The van der Waals surface area contributed by atoms with Gasteiger partial charge in [-0.05, 0) is 31.9 Å². The summed E-state index contributed by atoms with van der Waals surface area (Å²) in [5.74, 6) is -0.839. The number of hydrogen-bond acceptors (Lipinski definition) is 5. The maximum absolute atomic E-state index is 12.2. The van der Waals surface area contributed by atoms with Crippen LogP contribution in [0.3, 0.4) is 0 Å². The fourth-order valence-corrected chi connectivity index (χ4v) is 3.24. The molecule has 1 heterocycles. The van der Waals surface area contributed by atoms with Crippen molar-refractivity contribution >= 4 is 23.5 Å². The van der Waals surface area contributed by atoms with Crippen molar-refractivity contribution in [3.05, 3.63) is 24.3 Å². The molecule has 0 aromatic heterocycles. The number of nitrogens with one attached hydrogen (secondary N) is 2. The number of hydrogen-bond donors (Lipinski definition) is 2. The summed E-state index contributed by atoms with van der Waals surface area (Å²) in [5.41, 5.74) is 0.572. The van der Waals surface area contributed by atoms with Crippen LogP contribution in [0.15, 0.2) is 24.3 Å². The van der Waals surface area contributed by atoms with E-state index in [0.29, 0.717) is 11.4 Å². The van der Waals surface area contributed by atoms with Crippen molar-refractivity contribution in [2.75, 3.05) is 5.32 Å². The van der Waals surface area contributed by atoms with Crippen molar-refractivity contribution in [2.45, 2.75) is 63.7 Å². The van der Waals surface area contributed by atoms with Crippen molar-refractivity contribution < 1.29 is 23.9 Å². The Morgan fingerprint density at radius 2 is 2.00 bits per heavy atom. The fourth-order valence-electron chi connectivity index (χ4n) is 3.24. The van der Waals surface area contributed by atoms with Crippen LogP contribution in [-0.4, -0.2) is 36.0 Å². The molecule has 26 heavy (non-hydrogen) atoms. The highest BCUT2D eigenvalue weighted by molar-refractivity contribution is 5.99. The van der Waals surface area contributed by atoms with Crippen LogP contribution >= 0.6 is 0 Å². The van der Waals surface area contributed by atoms with Crippen molar-refractivity contribution in [1.29, 1.82) is 0 Å². The van der Waals surface area contributed by atoms with Crippen molar-refractivity contribution in [3.8, 4) is 5.75 Å². The molecule has 1 aromatic rings. The summed E-state index contributed by atoms with van der Waals surface area (Å²) in [6.07, 6.45) is 3.21. The Bertz CT molecular complexity index is 684. The van der Waals surface area contributed by atoms with Crippen LogP contribution in [-0.2, 0) is 19.1 Å². The molecule has 7 heteroatoms. The maximum Gasteiger partial charge on any atom is 0.310 e. The molecule has 2 amide bonds. The highest BCUT2D eigenvalue weighted by Gasteiger charge is 2.31. The van der Waals surface area contributed by atoms with Crippen molar-refractivity contribution in [1.82, 2.24) is 5.32 Å². The lowest BCUT2D eigenvalue weighted by Gasteiger charge is -2.26. The molecule has 2 N–H and O–H groups in total. The number of benzene rings is 1. The van der Waals surface area contributed by atoms with E-state index in [1.165, 1.54) is 13.3 Å². The molecule has 0 bridgehead atoms. The van der Waals surface area contributed by atoms with Gasteiger partial charge in [0.1, 0.15) is 5.75 Å². The molecule has 7 nitrogen and oxygen atoms in total. The van der Waals surface area contributed by atoms with Crippen LogP contribution in [0.2, 0.25) is 0 Å². The predicted molar refractivity (Wildman–Crippen MR) is 94.7 cm³/mol. The second-order valence-electron chi connectivity index (χ2n) is 6.77. The summed E-state index contributed by atoms with van der Waals surface area (Å²) in [7, 11) is 0. The van der Waals surface area contributed by atoms with Gasteiger partial charge < -0.3 is 20.1 Å². The molecular weight excluding hydrogens is 336 g/mol. The van der Waals surface area contributed by atoms with Crippen LogP contribution in [0, 0.1) is 0 Å². The first kappa shape index (κ1) is 18.2. The van der Waals surface area contributed by atoms with E-state index in [4.69, 9.17) is 9.47 Å². The minimum Gasteiger partial charge on any atom is -0.478 e. The Balaban J connectivity index is 1.48. The number of esters is 1. The molecule has 3 rings (SSSR count). The summed E-state index contributed by atoms with van der Waals surface area (Å²) < 4.78 is 10.7. The van der Waals surface area contributed by atoms with E-state index >= 15 is 0 Å². The van der Waals surface area contributed by atoms with Gasteiger partial charge in [-0.25, -0.2) is 0 Å². The van der Waals surface area contributed by atoms with Gasteiger partial charge in [0.15, 0.2) is 12.2 Å². The largest absolute Gasteiger partial charge is 0.478 e. The summed E-state index contributed by atoms with van der Waals surface area (Å²) in [5, 5.41) is 5.62. The first-order valence-electron chi connectivity index (χ1n) is 9.09. The van der Waals surface area contributed by atoms with Gasteiger partial charge in [0.2, 0.25) is 0 Å². The molecule has 1 aliphatic carbocycles. The Kier molecular flexibility index (Phi) is 5.75. The summed E-state index contributed by atoms with van der Waals surface area (Å²) in [6.45, 7) is 1.53. The molecule has 0 spiro atoms. The molecule has 0 radical (unpaired) electrons. The lowest BCUT2D eigenvalue weighted by molar-refractivity contribution is -0.157. The molecular formula is C19H24N2O5. The third-order valence-corrected chi connectivity index (χ3v) is 4.69. The maximum atomic E-state index is 12.2. The summed E-state index contributed by atoms with van der Waals surface area (Å²) in [4.78, 5) is 36.3. The first-order valence-corrected chi connectivity index (χ1v) is 9.09. The van der Waals surface area contributed by atoms with Crippen LogP contribution in [0.5, 0.6) is 5.75 Å². The van der Waals surface area contributed by atoms with Gasteiger partial charge in [0.05, 0.1) is 12.1 Å². The molecule has 2 atom stereocenters. The van der Waals surface area contributed by atoms with Crippen LogP contribution in [0.1, 0.15) is 45.4 Å². The second-order valence-corrected chi connectivity index (χ2v) is 6.77. The van der Waals surface area contributed by atoms with Gasteiger partial charge in [0.25, 0.3) is 11.8 Å². The average molecular weight is 360 g/mol. The number of carbonyl (C=O) groups excluding carboxylic acids is 3. The van der Waals surface area contributed by atoms with E-state index < -0.39 is 24.1 Å². The van der Waals surface area contributed by atoms with Gasteiger partial charge in [-0.1, -0.05) is 31.4 Å². The normalized spacial score (nSPS) is 21.0. The highest BCUT2D eigenvalue weighted by atomic mass is 16.6. The SMILES string of the molecule is C[C@H](OC(=O)C[C@@H]1Oc2ccccc2NC1=O)C(=O)NC1CCCCC1. The minimum absolute atomic E-state index is 0.154. The zero-order valence-corrected chi connectivity index (χ0v) is 14.8. The fraction of sp³-hybridized carbons (Fsp3) is 0.526. The predicted octanol–water partition coefficient (Wildman–Crippen LogP) is 2.16.